The molecule has 2 aromatic carbocycles. The van der Waals surface area contributed by atoms with Crippen LogP contribution in [0.3, 0.4) is 0 Å². The summed E-state index contributed by atoms with van der Waals surface area (Å²) in [6.45, 7) is -0.154. The molecule has 0 saturated carbocycles. The number of hydrogen-bond donors (Lipinski definition) is 3. The number of carbonyl (C=O) groups is 2. The predicted octanol–water partition coefficient (Wildman–Crippen LogP) is 2.36. The standard InChI is InChI=1S/C18H13F2N3O3/c19-12-5-2-11(3-6-12)18(16(25)21-17(26)22-18)9-23-8-10-1-4-13(20)7-14(10)15(23)24/h1-8,24H,9H2,(H2,21,22,25,26)/t18-/m1/s1. The maximum absolute atomic E-state index is 13.4. The molecule has 0 radical (unpaired) electrons. The Morgan fingerprint density at radius 1 is 1.04 bits per heavy atom. The number of aromatic hydroxyl groups is 1. The largest absolute Gasteiger partial charge is 0.494 e. The van der Waals surface area contributed by atoms with Crippen molar-refractivity contribution in [1.82, 2.24) is 15.2 Å². The number of nitrogens with zero attached hydrogens (tertiary/aromatic N) is 1. The van der Waals surface area contributed by atoms with Crippen LogP contribution in [0.4, 0.5) is 13.6 Å². The van der Waals surface area contributed by atoms with Crippen molar-refractivity contribution in [2.45, 2.75) is 12.1 Å². The van der Waals surface area contributed by atoms with Gasteiger partial charge in [0.05, 0.1) is 6.54 Å². The van der Waals surface area contributed by atoms with Crippen LogP contribution in [0.25, 0.3) is 10.8 Å². The zero-order chi connectivity index (χ0) is 18.5. The lowest BCUT2D eigenvalue weighted by molar-refractivity contribution is -0.124. The molecule has 26 heavy (non-hydrogen) atoms. The second-order valence-electron chi connectivity index (χ2n) is 6.13. The van der Waals surface area contributed by atoms with Crippen molar-refractivity contribution in [1.29, 1.82) is 0 Å². The molecule has 1 aliphatic rings. The number of benzene rings is 2. The van der Waals surface area contributed by atoms with Gasteiger partial charge in [0.25, 0.3) is 5.91 Å². The average Bonchev–Trinajstić information content (AvgIpc) is 3.06. The van der Waals surface area contributed by atoms with E-state index in [1.807, 2.05) is 0 Å². The first-order valence-corrected chi connectivity index (χ1v) is 7.76. The number of rotatable bonds is 3. The van der Waals surface area contributed by atoms with Gasteiger partial charge >= 0.3 is 6.03 Å². The van der Waals surface area contributed by atoms with Crippen LogP contribution in [0.15, 0.2) is 48.7 Å². The van der Waals surface area contributed by atoms with E-state index in [1.165, 1.54) is 47.0 Å². The number of aromatic nitrogens is 1. The van der Waals surface area contributed by atoms with Crippen LogP contribution in [0.1, 0.15) is 5.56 Å². The van der Waals surface area contributed by atoms with Crippen LogP contribution in [0.5, 0.6) is 5.88 Å². The molecule has 3 aromatic rings. The normalized spacial score (nSPS) is 19.6. The summed E-state index contributed by atoms with van der Waals surface area (Å²) < 4.78 is 28.1. The van der Waals surface area contributed by atoms with E-state index in [-0.39, 0.29) is 17.8 Å². The second-order valence-corrected chi connectivity index (χ2v) is 6.13. The Kier molecular flexibility index (Phi) is 3.43. The topological polar surface area (TPSA) is 83.4 Å². The van der Waals surface area contributed by atoms with Gasteiger partial charge in [-0.25, -0.2) is 13.6 Å². The number of carbonyl (C=O) groups excluding carboxylic acids is 2. The first kappa shape index (κ1) is 16.1. The summed E-state index contributed by atoms with van der Waals surface area (Å²) in [5.74, 6) is -1.86. The van der Waals surface area contributed by atoms with Crippen molar-refractivity contribution < 1.29 is 23.5 Å². The predicted molar refractivity (Wildman–Crippen MR) is 88.3 cm³/mol. The highest BCUT2D eigenvalue weighted by atomic mass is 19.1. The van der Waals surface area contributed by atoms with Crippen molar-refractivity contribution >= 4 is 22.7 Å². The maximum Gasteiger partial charge on any atom is 0.322 e. The molecule has 132 valence electrons. The molecule has 1 fully saturated rings. The SMILES string of the molecule is O=C1NC(=O)[C@@](Cn2cc3ccc(F)cc3c2O)(c2ccc(F)cc2)N1. The van der Waals surface area contributed by atoms with Crippen molar-refractivity contribution in [3.63, 3.8) is 0 Å². The molecule has 1 saturated heterocycles. The van der Waals surface area contributed by atoms with Crippen LogP contribution in [0, 0.1) is 11.6 Å². The molecule has 6 nitrogen and oxygen atoms in total. The zero-order valence-corrected chi connectivity index (χ0v) is 13.3. The molecule has 1 atom stereocenters. The Morgan fingerprint density at radius 2 is 1.73 bits per heavy atom. The van der Waals surface area contributed by atoms with E-state index in [2.05, 4.69) is 10.6 Å². The van der Waals surface area contributed by atoms with Crippen LogP contribution in [-0.2, 0) is 16.9 Å². The fourth-order valence-electron chi connectivity index (χ4n) is 3.23. The van der Waals surface area contributed by atoms with Crippen LogP contribution in [0.2, 0.25) is 0 Å². The highest BCUT2D eigenvalue weighted by molar-refractivity contribution is 6.07. The number of amides is 3. The van der Waals surface area contributed by atoms with E-state index < -0.39 is 29.1 Å². The summed E-state index contributed by atoms with van der Waals surface area (Å²) in [5.41, 5.74) is -1.18. The molecule has 0 bridgehead atoms. The summed E-state index contributed by atoms with van der Waals surface area (Å²) in [6.07, 6.45) is 1.55. The van der Waals surface area contributed by atoms with Crippen molar-refractivity contribution in [3.8, 4) is 5.88 Å². The number of imide groups is 1. The van der Waals surface area contributed by atoms with Crippen molar-refractivity contribution in [2.75, 3.05) is 0 Å². The highest BCUT2D eigenvalue weighted by Gasteiger charge is 2.48. The minimum atomic E-state index is -1.53. The quantitative estimate of drug-likeness (QED) is 0.629. The van der Waals surface area contributed by atoms with Gasteiger partial charge in [0.1, 0.15) is 11.6 Å². The summed E-state index contributed by atoms with van der Waals surface area (Å²) in [6, 6.07) is 8.37. The van der Waals surface area contributed by atoms with Gasteiger partial charge in [0.15, 0.2) is 11.4 Å². The summed E-state index contributed by atoms with van der Waals surface area (Å²) in [7, 11) is 0. The van der Waals surface area contributed by atoms with Crippen molar-refractivity contribution in [3.05, 3.63) is 65.9 Å². The summed E-state index contributed by atoms with van der Waals surface area (Å²) in [5, 5.41) is 16.0. The van der Waals surface area contributed by atoms with E-state index in [0.29, 0.717) is 10.9 Å². The molecule has 0 unspecified atom stereocenters. The van der Waals surface area contributed by atoms with Crippen LogP contribution in [-0.4, -0.2) is 21.6 Å². The Bertz CT molecular complexity index is 1050. The van der Waals surface area contributed by atoms with E-state index in [4.69, 9.17) is 0 Å². The molecular formula is C18H13F2N3O3. The monoisotopic (exact) mass is 357 g/mol. The molecule has 1 aromatic heterocycles. The molecule has 8 heteroatoms. The zero-order valence-electron chi connectivity index (χ0n) is 13.3. The third kappa shape index (κ3) is 2.38. The Balaban J connectivity index is 1.84. The van der Waals surface area contributed by atoms with Gasteiger partial charge in [-0.1, -0.05) is 12.1 Å². The number of halogens is 2. The molecule has 3 amide bonds. The average molecular weight is 357 g/mol. The molecule has 2 heterocycles. The van der Waals surface area contributed by atoms with E-state index >= 15 is 0 Å². The molecular weight excluding hydrogens is 344 g/mol. The van der Waals surface area contributed by atoms with Gasteiger partial charge in [-0.15, -0.1) is 0 Å². The Hall–Kier alpha value is -3.42. The number of urea groups is 1. The summed E-state index contributed by atoms with van der Waals surface area (Å²) >= 11 is 0. The molecule has 4 rings (SSSR count). The Morgan fingerprint density at radius 3 is 2.38 bits per heavy atom. The number of fused-ring (bicyclic) bond motifs is 1. The molecule has 3 N–H and O–H groups in total. The number of nitrogens with one attached hydrogen (secondary N) is 2. The molecule has 0 aliphatic carbocycles. The van der Waals surface area contributed by atoms with Gasteiger partial charge < -0.3 is 15.0 Å². The highest BCUT2D eigenvalue weighted by Crippen LogP contribution is 2.33. The van der Waals surface area contributed by atoms with Gasteiger partial charge in [0, 0.05) is 17.0 Å². The third-order valence-electron chi connectivity index (χ3n) is 4.51. The maximum atomic E-state index is 13.4. The van der Waals surface area contributed by atoms with Crippen LogP contribution < -0.4 is 10.6 Å². The lowest BCUT2D eigenvalue weighted by atomic mass is 9.89. The third-order valence-corrected chi connectivity index (χ3v) is 4.51. The minimum absolute atomic E-state index is 0.154. The number of hydrogen-bond acceptors (Lipinski definition) is 3. The van der Waals surface area contributed by atoms with Gasteiger partial charge in [-0.05, 0) is 35.9 Å². The molecule has 0 spiro atoms. The first-order valence-electron chi connectivity index (χ1n) is 7.76. The molecule has 1 aliphatic heterocycles. The van der Waals surface area contributed by atoms with Gasteiger partial charge in [-0.3, -0.25) is 10.1 Å². The lowest BCUT2D eigenvalue weighted by Crippen LogP contribution is -2.47. The van der Waals surface area contributed by atoms with Crippen LogP contribution >= 0.6 is 0 Å². The Labute approximate surface area is 146 Å². The van der Waals surface area contributed by atoms with E-state index in [0.717, 1.165) is 0 Å². The van der Waals surface area contributed by atoms with E-state index in [1.54, 1.807) is 6.20 Å². The van der Waals surface area contributed by atoms with Gasteiger partial charge in [-0.2, -0.15) is 0 Å². The minimum Gasteiger partial charge on any atom is -0.494 e. The van der Waals surface area contributed by atoms with E-state index in [9.17, 15) is 23.5 Å². The van der Waals surface area contributed by atoms with Crippen molar-refractivity contribution in [2.24, 2.45) is 0 Å². The lowest BCUT2D eigenvalue weighted by Gasteiger charge is -2.27. The fraction of sp³-hybridized carbons (Fsp3) is 0.111. The second kappa shape index (κ2) is 5.55. The fourth-order valence-corrected chi connectivity index (χ4v) is 3.23. The first-order chi connectivity index (χ1) is 12.4. The smallest absolute Gasteiger partial charge is 0.322 e. The van der Waals surface area contributed by atoms with Gasteiger partial charge in [0.2, 0.25) is 0 Å². The summed E-state index contributed by atoms with van der Waals surface area (Å²) in [4.78, 5) is 24.3.